The lowest BCUT2D eigenvalue weighted by atomic mass is 10.2. The Morgan fingerprint density at radius 1 is 1.35 bits per heavy atom. The van der Waals surface area contributed by atoms with Gasteiger partial charge in [-0.2, -0.15) is 5.10 Å². The highest BCUT2D eigenvalue weighted by Gasteiger charge is 2.21. The number of halogens is 3. The molecule has 2 aromatic heterocycles. The number of rotatable bonds is 3. The molecule has 0 radical (unpaired) electrons. The van der Waals surface area contributed by atoms with Crippen molar-refractivity contribution in [2.75, 3.05) is 7.05 Å². The van der Waals surface area contributed by atoms with Gasteiger partial charge in [0.25, 0.3) is 0 Å². The maximum atomic E-state index is 4.25. The second-order valence-electron chi connectivity index (χ2n) is 3.49. The van der Waals surface area contributed by atoms with Gasteiger partial charge in [0.05, 0.1) is 26.2 Å². The quantitative estimate of drug-likeness (QED) is 0.774. The molecule has 92 valence electrons. The van der Waals surface area contributed by atoms with Crippen LogP contribution in [-0.2, 0) is 7.05 Å². The van der Waals surface area contributed by atoms with Crippen LogP contribution in [0, 0.1) is 0 Å². The smallest absolute Gasteiger partial charge is 0.0851 e. The van der Waals surface area contributed by atoms with Gasteiger partial charge < -0.3 is 5.32 Å². The minimum absolute atomic E-state index is 0.129. The van der Waals surface area contributed by atoms with Crippen LogP contribution in [0.3, 0.4) is 0 Å². The minimum Gasteiger partial charge on any atom is -0.307 e. The van der Waals surface area contributed by atoms with Crippen molar-refractivity contribution in [2.45, 2.75) is 6.04 Å². The van der Waals surface area contributed by atoms with E-state index < -0.39 is 0 Å². The van der Waals surface area contributed by atoms with Crippen LogP contribution < -0.4 is 5.32 Å². The van der Waals surface area contributed by atoms with Crippen molar-refractivity contribution in [2.24, 2.45) is 7.05 Å². The highest BCUT2D eigenvalue weighted by Crippen LogP contribution is 2.38. The zero-order valence-corrected chi connectivity index (χ0v) is 14.7. The lowest BCUT2D eigenvalue weighted by Gasteiger charge is -2.15. The molecule has 7 heteroatoms. The van der Waals surface area contributed by atoms with Gasteiger partial charge in [-0.05, 0) is 60.9 Å². The Kier molecular flexibility index (Phi) is 4.46. The van der Waals surface area contributed by atoms with Crippen molar-refractivity contribution >= 4 is 59.1 Å². The standard InChI is InChI=1S/C10H10Br3N3S/c1-14-8(7-3-5(11)10(13)17-7)9-6(12)4-15-16(9)2/h3-4,8,14H,1-2H3. The lowest BCUT2D eigenvalue weighted by molar-refractivity contribution is 0.611. The highest BCUT2D eigenvalue weighted by atomic mass is 79.9. The third-order valence-corrected chi connectivity index (χ3v) is 6.38. The van der Waals surface area contributed by atoms with Crippen LogP contribution in [0.2, 0.25) is 0 Å². The zero-order valence-electron chi connectivity index (χ0n) is 9.17. The van der Waals surface area contributed by atoms with E-state index in [9.17, 15) is 0 Å². The van der Waals surface area contributed by atoms with Gasteiger partial charge in [0.1, 0.15) is 0 Å². The average molecular weight is 444 g/mol. The van der Waals surface area contributed by atoms with E-state index in [1.165, 1.54) is 4.88 Å². The van der Waals surface area contributed by atoms with E-state index in [1.54, 1.807) is 11.3 Å². The number of hydrogen-bond acceptors (Lipinski definition) is 3. The van der Waals surface area contributed by atoms with Crippen molar-refractivity contribution in [3.63, 3.8) is 0 Å². The second kappa shape index (κ2) is 5.52. The topological polar surface area (TPSA) is 29.9 Å². The highest BCUT2D eigenvalue weighted by molar-refractivity contribution is 9.13. The molecule has 0 fully saturated rings. The van der Waals surface area contributed by atoms with Crippen molar-refractivity contribution < 1.29 is 0 Å². The Hall–Kier alpha value is 0.310. The number of nitrogens with zero attached hydrogens (tertiary/aromatic N) is 2. The molecule has 0 aliphatic carbocycles. The fourth-order valence-corrected chi connectivity index (χ4v) is 4.44. The van der Waals surface area contributed by atoms with Crippen LogP contribution in [-0.4, -0.2) is 16.8 Å². The van der Waals surface area contributed by atoms with Crippen molar-refractivity contribution in [1.82, 2.24) is 15.1 Å². The van der Waals surface area contributed by atoms with Gasteiger partial charge in [-0.15, -0.1) is 11.3 Å². The molecule has 3 nitrogen and oxygen atoms in total. The molecule has 17 heavy (non-hydrogen) atoms. The van der Waals surface area contributed by atoms with Gasteiger partial charge in [0.15, 0.2) is 0 Å². The molecule has 1 N–H and O–H groups in total. The molecule has 1 unspecified atom stereocenters. The summed E-state index contributed by atoms with van der Waals surface area (Å²) in [4.78, 5) is 1.23. The molecule has 0 aliphatic heterocycles. The van der Waals surface area contributed by atoms with Crippen molar-refractivity contribution in [1.29, 1.82) is 0 Å². The zero-order chi connectivity index (χ0) is 12.6. The van der Waals surface area contributed by atoms with E-state index in [-0.39, 0.29) is 6.04 Å². The first-order valence-electron chi connectivity index (χ1n) is 4.84. The Bertz CT molecular complexity index is 496. The molecule has 0 aromatic carbocycles. The number of thiophene rings is 1. The molecule has 0 saturated heterocycles. The molecule has 0 amide bonds. The van der Waals surface area contributed by atoms with Crippen LogP contribution in [0.25, 0.3) is 0 Å². The summed E-state index contributed by atoms with van der Waals surface area (Å²) >= 11 is 12.3. The van der Waals surface area contributed by atoms with Crippen LogP contribution >= 0.6 is 59.1 Å². The summed E-state index contributed by atoms with van der Waals surface area (Å²) in [5.41, 5.74) is 1.12. The second-order valence-corrected chi connectivity index (χ2v) is 7.60. The Morgan fingerprint density at radius 3 is 2.47 bits per heavy atom. The van der Waals surface area contributed by atoms with Crippen LogP contribution in [0.4, 0.5) is 0 Å². The van der Waals surface area contributed by atoms with Crippen LogP contribution in [0.5, 0.6) is 0 Å². The van der Waals surface area contributed by atoms with Gasteiger partial charge >= 0.3 is 0 Å². The van der Waals surface area contributed by atoms with Crippen molar-refractivity contribution in [3.05, 3.63) is 35.6 Å². The predicted octanol–water partition coefficient (Wildman–Crippen LogP) is 4.08. The summed E-state index contributed by atoms with van der Waals surface area (Å²) in [5.74, 6) is 0. The summed E-state index contributed by atoms with van der Waals surface area (Å²) in [6, 6.07) is 2.25. The Balaban J connectivity index is 2.47. The van der Waals surface area contributed by atoms with Gasteiger partial charge in [0.2, 0.25) is 0 Å². The molecule has 0 saturated carbocycles. The fourth-order valence-electron chi connectivity index (χ4n) is 1.66. The third-order valence-electron chi connectivity index (χ3n) is 2.45. The fraction of sp³-hybridized carbons (Fsp3) is 0.300. The molecule has 0 spiro atoms. The van der Waals surface area contributed by atoms with Gasteiger partial charge in [-0.3, -0.25) is 4.68 Å². The summed E-state index contributed by atoms with van der Waals surface area (Å²) in [7, 11) is 3.90. The monoisotopic (exact) mass is 441 g/mol. The molecule has 2 heterocycles. The normalized spacial score (nSPS) is 13.0. The van der Waals surface area contributed by atoms with E-state index in [0.717, 1.165) is 18.4 Å². The number of aryl methyl sites for hydroxylation is 1. The maximum absolute atomic E-state index is 4.25. The minimum atomic E-state index is 0.129. The Labute approximate surface area is 129 Å². The molecule has 2 rings (SSSR count). The first-order valence-corrected chi connectivity index (χ1v) is 8.03. The Morgan fingerprint density at radius 2 is 2.06 bits per heavy atom. The summed E-state index contributed by atoms with van der Waals surface area (Å²) < 4.78 is 5.08. The van der Waals surface area contributed by atoms with Gasteiger partial charge in [-0.25, -0.2) is 0 Å². The predicted molar refractivity (Wildman–Crippen MR) is 81.5 cm³/mol. The number of nitrogens with one attached hydrogen (secondary N) is 1. The first-order chi connectivity index (χ1) is 8.04. The van der Waals surface area contributed by atoms with E-state index in [1.807, 2.05) is 25.0 Å². The molecule has 0 bridgehead atoms. The van der Waals surface area contributed by atoms with E-state index in [0.29, 0.717) is 0 Å². The summed E-state index contributed by atoms with van der Waals surface area (Å²) in [5, 5.41) is 7.57. The van der Waals surface area contributed by atoms with Crippen LogP contribution in [0.15, 0.2) is 25.0 Å². The number of hydrogen-bond donors (Lipinski definition) is 1. The molecule has 2 aromatic rings. The van der Waals surface area contributed by atoms with E-state index >= 15 is 0 Å². The van der Waals surface area contributed by atoms with E-state index in [4.69, 9.17) is 0 Å². The third kappa shape index (κ3) is 2.68. The first kappa shape index (κ1) is 13.7. The van der Waals surface area contributed by atoms with Gasteiger partial charge in [-0.1, -0.05) is 0 Å². The molecular weight excluding hydrogens is 434 g/mol. The largest absolute Gasteiger partial charge is 0.307 e. The van der Waals surface area contributed by atoms with Gasteiger partial charge in [0, 0.05) is 16.4 Å². The summed E-state index contributed by atoms with van der Waals surface area (Å²) in [6.07, 6.45) is 1.82. The molecule has 1 atom stereocenters. The molecule has 0 aliphatic rings. The maximum Gasteiger partial charge on any atom is 0.0851 e. The number of aromatic nitrogens is 2. The SMILES string of the molecule is CNC(c1cc(Br)c(Br)s1)c1c(Br)cnn1C. The molecular formula is C10H10Br3N3S. The average Bonchev–Trinajstić information content (AvgIpc) is 2.77. The lowest BCUT2D eigenvalue weighted by Crippen LogP contribution is -2.20. The van der Waals surface area contributed by atoms with Crippen molar-refractivity contribution in [3.8, 4) is 0 Å². The summed E-state index contributed by atoms with van der Waals surface area (Å²) in [6.45, 7) is 0. The van der Waals surface area contributed by atoms with Crippen LogP contribution in [0.1, 0.15) is 16.6 Å². The van der Waals surface area contributed by atoms with E-state index in [2.05, 4.69) is 64.3 Å².